The molecule has 5 rings (SSSR count). The maximum atomic E-state index is 13.6. The van der Waals surface area contributed by atoms with Gasteiger partial charge in [0.1, 0.15) is 11.6 Å². The Balaban J connectivity index is 1.19. The van der Waals surface area contributed by atoms with Crippen molar-refractivity contribution in [3.8, 4) is 11.3 Å². The summed E-state index contributed by atoms with van der Waals surface area (Å²) in [5.74, 6) is -0.667. The molecule has 8 heteroatoms. The molecule has 0 unspecified atom stereocenters. The Bertz CT molecular complexity index is 1290. The van der Waals surface area contributed by atoms with Crippen molar-refractivity contribution in [3.63, 3.8) is 0 Å². The quantitative estimate of drug-likeness (QED) is 0.339. The fraction of sp³-hybridized carbons (Fsp3) is 0.241. The average Bonchev–Trinajstić information content (AvgIpc) is 3.36. The van der Waals surface area contributed by atoms with Crippen LogP contribution in [0.2, 0.25) is 0 Å². The summed E-state index contributed by atoms with van der Waals surface area (Å²) in [5.41, 5.74) is 4.96. The number of hydrogen-bond donors (Lipinski definition) is 1. The maximum absolute atomic E-state index is 13.6. The van der Waals surface area contributed by atoms with Crippen LogP contribution in [-0.2, 0) is 4.79 Å². The van der Waals surface area contributed by atoms with Gasteiger partial charge in [-0.25, -0.2) is 13.8 Å². The third-order valence-electron chi connectivity index (χ3n) is 6.61. The molecule has 1 N–H and O–H groups in total. The summed E-state index contributed by atoms with van der Waals surface area (Å²) in [6, 6.07) is 21.0. The topological polar surface area (TPSA) is 48.5 Å². The predicted molar refractivity (Wildman–Crippen MR) is 144 cm³/mol. The molecule has 0 atom stereocenters. The van der Waals surface area contributed by atoms with Gasteiger partial charge in [0, 0.05) is 37.1 Å². The number of carbonyl (C=O) groups excluding carboxylic acids is 1. The molecule has 4 aromatic rings. The molecule has 37 heavy (non-hydrogen) atoms. The van der Waals surface area contributed by atoms with Gasteiger partial charge in [-0.2, -0.15) is 0 Å². The van der Waals surface area contributed by atoms with Gasteiger partial charge in [-0.3, -0.25) is 14.6 Å². The first-order valence-electron chi connectivity index (χ1n) is 12.2. The second-order valence-electron chi connectivity index (χ2n) is 9.27. The molecular weight excluding hydrogens is 490 g/mol. The summed E-state index contributed by atoms with van der Waals surface area (Å²) in [6.45, 7) is 5.19. The van der Waals surface area contributed by atoms with E-state index in [2.05, 4.69) is 20.1 Å². The van der Waals surface area contributed by atoms with Gasteiger partial charge in [0.25, 0.3) is 0 Å². The van der Waals surface area contributed by atoms with Gasteiger partial charge in [-0.15, -0.1) is 11.3 Å². The third-order valence-corrected chi connectivity index (χ3v) is 7.37. The highest BCUT2D eigenvalue weighted by atomic mass is 32.1. The Hall–Kier alpha value is -3.46. The molecule has 3 aromatic carbocycles. The number of carbonyl (C=O) groups is 1. The third kappa shape index (κ3) is 6.28. The van der Waals surface area contributed by atoms with Crippen molar-refractivity contribution < 1.29 is 13.6 Å². The number of nitrogens with one attached hydrogen (secondary N) is 1. The highest BCUT2D eigenvalue weighted by Crippen LogP contribution is 2.30. The first-order valence-corrected chi connectivity index (χ1v) is 13.1. The van der Waals surface area contributed by atoms with Crippen LogP contribution < -0.4 is 5.32 Å². The monoisotopic (exact) mass is 518 g/mol. The fourth-order valence-corrected chi connectivity index (χ4v) is 5.37. The van der Waals surface area contributed by atoms with Crippen molar-refractivity contribution in [2.45, 2.75) is 13.0 Å². The molecule has 1 aliphatic rings. The lowest BCUT2D eigenvalue weighted by Crippen LogP contribution is -2.49. The van der Waals surface area contributed by atoms with Crippen molar-refractivity contribution in [1.82, 2.24) is 14.8 Å². The van der Waals surface area contributed by atoms with E-state index >= 15 is 0 Å². The molecule has 1 aliphatic heterocycles. The minimum atomic E-state index is -0.288. The molecule has 1 amide bonds. The molecule has 1 aromatic heterocycles. The minimum Gasteiger partial charge on any atom is -0.301 e. The molecule has 2 heterocycles. The van der Waals surface area contributed by atoms with Gasteiger partial charge < -0.3 is 5.32 Å². The smallest absolute Gasteiger partial charge is 0.240 e. The second-order valence-corrected chi connectivity index (χ2v) is 10.1. The standard InChI is InChI=1S/C29H28F2N4OS/c1-20-2-4-21(5-3-20)26-19-37-29(32-26)33-27(36)18-34-14-16-35(17-15-34)28(22-6-10-24(30)11-7-22)23-8-12-25(31)13-9-23/h2-13,19,28H,14-18H2,1H3,(H,32,33,36). The van der Waals surface area contributed by atoms with E-state index in [1.165, 1.54) is 41.2 Å². The van der Waals surface area contributed by atoms with Gasteiger partial charge >= 0.3 is 0 Å². The zero-order chi connectivity index (χ0) is 25.8. The molecule has 0 aliphatic carbocycles. The Kier molecular flexibility index (Phi) is 7.69. The van der Waals surface area contributed by atoms with Crippen molar-refractivity contribution in [1.29, 1.82) is 0 Å². The van der Waals surface area contributed by atoms with E-state index < -0.39 is 0 Å². The van der Waals surface area contributed by atoms with Crippen LogP contribution in [0.15, 0.2) is 78.2 Å². The lowest BCUT2D eigenvalue weighted by Gasteiger charge is -2.39. The average molecular weight is 519 g/mol. The van der Waals surface area contributed by atoms with Gasteiger partial charge in [-0.05, 0) is 42.3 Å². The number of rotatable bonds is 7. The number of amides is 1. The van der Waals surface area contributed by atoms with Crippen molar-refractivity contribution in [2.24, 2.45) is 0 Å². The van der Waals surface area contributed by atoms with E-state index in [4.69, 9.17) is 0 Å². The first-order chi connectivity index (χ1) is 17.9. The van der Waals surface area contributed by atoms with Gasteiger partial charge in [0.15, 0.2) is 5.13 Å². The molecule has 1 fully saturated rings. The molecule has 1 saturated heterocycles. The number of anilines is 1. The minimum absolute atomic E-state index is 0.0909. The molecule has 5 nitrogen and oxygen atoms in total. The fourth-order valence-electron chi connectivity index (χ4n) is 4.63. The number of benzene rings is 3. The van der Waals surface area contributed by atoms with Crippen LogP contribution in [0.3, 0.4) is 0 Å². The van der Waals surface area contributed by atoms with E-state index in [9.17, 15) is 13.6 Å². The van der Waals surface area contributed by atoms with Crippen molar-refractivity contribution in [2.75, 3.05) is 38.0 Å². The van der Waals surface area contributed by atoms with Gasteiger partial charge in [0.05, 0.1) is 18.3 Å². The summed E-state index contributed by atoms with van der Waals surface area (Å²) in [5, 5.41) is 5.47. The SMILES string of the molecule is Cc1ccc(-c2csc(NC(=O)CN3CCN(C(c4ccc(F)cc4)c4ccc(F)cc4)CC3)n2)cc1. The Morgan fingerprint density at radius 1 is 0.892 bits per heavy atom. The second kappa shape index (κ2) is 11.3. The lowest BCUT2D eigenvalue weighted by atomic mass is 9.96. The van der Waals surface area contributed by atoms with E-state index in [1.807, 2.05) is 36.6 Å². The molecule has 0 radical (unpaired) electrons. The maximum Gasteiger partial charge on any atom is 0.240 e. The Labute approximate surface area is 219 Å². The molecule has 0 saturated carbocycles. The Morgan fingerprint density at radius 2 is 1.46 bits per heavy atom. The number of thiazole rings is 1. The number of aromatic nitrogens is 1. The molecule has 0 bridgehead atoms. The van der Waals surface area contributed by atoms with Gasteiger partial charge in [0.2, 0.25) is 5.91 Å². The summed E-state index contributed by atoms with van der Waals surface area (Å²) in [4.78, 5) is 21.7. The number of aryl methyl sites for hydroxylation is 1. The van der Waals surface area contributed by atoms with E-state index in [1.54, 1.807) is 24.3 Å². The first kappa shape index (κ1) is 25.2. The van der Waals surface area contributed by atoms with E-state index in [0.717, 1.165) is 35.5 Å². The summed E-state index contributed by atoms with van der Waals surface area (Å²) >= 11 is 1.42. The summed E-state index contributed by atoms with van der Waals surface area (Å²) in [6.07, 6.45) is 0. The summed E-state index contributed by atoms with van der Waals surface area (Å²) < 4.78 is 27.1. The predicted octanol–water partition coefficient (Wildman–Crippen LogP) is 5.74. The number of hydrogen-bond acceptors (Lipinski definition) is 5. The Morgan fingerprint density at radius 3 is 2.03 bits per heavy atom. The highest BCUT2D eigenvalue weighted by molar-refractivity contribution is 7.14. The van der Waals surface area contributed by atoms with Crippen LogP contribution >= 0.6 is 11.3 Å². The zero-order valence-corrected chi connectivity index (χ0v) is 21.3. The number of halogens is 2. The number of piperazine rings is 1. The normalized spacial score (nSPS) is 14.7. The van der Waals surface area contributed by atoms with E-state index in [-0.39, 0.29) is 30.1 Å². The lowest BCUT2D eigenvalue weighted by molar-refractivity contribution is -0.117. The van der Waals surface area contributed by atoms with Gasteiger partial charge in [-0.1, -0.05) is 54.1 Å². The van der Waals surface area contributed by atoms with Crippen LogP contribution in [0, 0.1) is 18.6 Å². The molecule has 0 spiro atoms. The van der Waals surface area contributed by atoms with E-state index in [0.29, 0.717) is 18.2 Å². The molecule has 190 valence electrons. The van der Waals surface area contributed by atoms with Crippen molar-refractivity contribution in [3.05, 3.63) is 107 Å². The highest BCUT2D eigenvalue weighted by Gasteiger charge is 2.27. The van der Waals surface area contributed by atoms with Crippen LogP contribution in [0.5, 0.6) is 0 Å². The molecular formula is C29H28F2N4OS. The summed E-state index contributed by atoms with van der Waals surface area (Å²) in [7, 11) is 0. The van der Waals surface area contributed by atoms with Crippen LogP contribution in [0.4, 0.5) is 13.9 Å². The van der Waals surface area contributed by atoms with Crippen LogP contribution in [0.25, 0.3) is 11.3 Å². The van der Waals surface area contributed by atoms with Crippen molar-refractivity contribution >= 4 is 22.4 Å². The zero-order valence-electron chi connectivity index (χ0n) is 20.5. The largest absolute Gasteiger partial charge is 0.301 e. The van der Waals surface area contributed by atoms with Crippen LogP contribution in [-0.4, -0.2) is 53.4 Å². The van der Waals surface area contributed by atoms with Crippen LogP contribution in [0.1, 0.15) is 22.7 Å². The number of nitrogens with zero attached hydrogens (tertiary/aromatic N) is 3.